The van der Waals surface area contributed by atoms with Crippen molar-refractivity contribution in [3.05, 3.63) is 100 Å². The van der Waals surface area contributed by atoms with Crippen molar-refractivity contribution < 1.29 is 0 Å². The van der Waals surface area contributed by atoms with Gasteiger partial charge in [0.1, 0.15) is 0 Å². The Kier molecular flexibility index (Phi) is 8.17. The van der Waals surface area contributed by atoms with Gasteiger partial charge in [0.25, 0.3) is 0 Å². The molecule has 7 rings (SSSR count). The van der Waals surface area contributed by atoms with Crippen LogP contribution in [0.3, 0.4) is 0 Å². The van der Waals surface area contributed by atoms with Crippen molar-refractivity contribution in [1.29, 1.82) is 0 Å². The van der Waals surface area contributed by atoms with Crippen LogP contribution >= 0.6 is 94.1 Å². The summed E-state index contributed by atoms with van der Waals surface area (Å²) >= 11 is 15.3. The van der Waals surface area contributed by atoms with E-state index < -0.39 is 0 Å². The molecule has 0 saturated heterocycles. The molecule has 0 saturated carbocycles. The molecule has 0 radical (unpaired) electrons. The molecule has 5 aromatic rings. The molecular formula is C32H24S8. The van der Waals surface area contributed by atoms with E-state index >= 15 is 0 Å². The van der Waals surface area contributed by atoms with Gasteiger partial charge in [0.05, 0.1) is 25.4 Å². The molecule has 0 fully saturated rings. The Balaban J connectivity index is 1.67. The summed E-state index contributed by atoms with van der Waals surface area (Å²) < 4.78 is 8.44. The minimum atomic E-state index is 1.29. The van der Waals surface area contributed by atoms with Gasteiger partial charge in [-0.1, -0.05) is 95.6 Å². The molecule has 0 bridgehead atoms. The zero-order valence-electron chi connectivity index (χ0n) is 22.2. The molecule has 0 nitrogen and oxygen atoms in total. The van der Waals surface area contributed by atoms with Gasteiger partial charge < -0.3 is 0 Å². The molecule has 0 unspecified atom stereocenters. The fourth-order valence-electron chi connectivity index (χ4n) is 5.30. The van der Waals surface area contributed by atoms with Crippen LogP contribution in [-0.2, 0) is 0 Å². The highest BCUT2D eigenvalue weighted by Gasteiger charge is 2.25. The van der Waals surface area contributed by atoms with Crippen molar-refractivity contribution >= 4 is 146 Å². The van der Waals surface area contributed by atoms with Crippen molar-refractivity contribution in [3.63, 3.8) is 0 Å². The van der Waals surface area contributed by atoms with Crippen molar-refractivity contribution in [3.8, 4) is 0 Å². The van der Waals surface area contributed by atoms with Gasteiger partial charge in [-0.15, -0.1) is 47.0 Å². The highest BCUT2D eigenvalue weighted by atomic mass is 32.3. The van der Waals surface area contributed by atoms with Crippen LogP contribution in [0.25, 0.3) is 51.6 Å². The van der Waals surface area contributed by atoms with Crippen LogP contribution in [0.4, 0.5) is 0 Å². The van der Waals surface area contributed by atoms with Gasteiger partial charge in [-0.3, -0.25) is 0 Å². The number of hydrogen-bond donors (Lipinski definition) is 0. The van der Waals surface area contributed by atoms with Crippen LogP contribution in [0, 0.1) is 0 Å². The van der Waals surface area contributed by atoms with E-state index in [1.807, 2.05) is 94.1 Å². The lowest BCUT2D eigenvalue weighted by atomic mass is 9.94. The first-order valence-electron chi connectivity index (χ1n) is 12.5. The summed E-state index contributed by atoms with van der Waals surface area (Å²) in [4.78, 5) is 0. The molecule has 2 aliphatic rings. The highest BCUT2D eigenvalue weighted by Crippen LogP contribution is 2.58. The monoisotopic (exact) mass is 664 g/mol. The molecule has 5 aromatic carbocycles. The molecule has 0 aromatic heterocycles. The summed E-state index contributed by atoms with van der Waals surface area (Å²) in [6.45, 7) is 0. The van der Waals surface area contributed by atoms with E-state index in [-0.39, 0.29) is 0 Å². The second-order valence-corrected chi connectivity index (χ2v) is 18.1. The molecule has 2 aliphatic heterocycles. The number of benzene rings is 5. The summed E-state index contributed by atoms with van der Waals surface area (Å²) in [6, 6.07) is 27.5. The van der Waals surface area contributed by atoms with E-state index in [0.29, 0.717) is 0 Å². The predicted molar refractivity (Wildman–Crippen MR) is 201 cm³/mol. The van der Waals surface area contributed by atoms with Crippen LogP contribution in [0.5, 0.6) is 0 Å². The Labute approximate surface area is 268 Å². The Bertz CT molecular complexity index is 1870. The van der Waals surface area contributed by atoms with Gasteiger partial charge in [-0.05, 0) is 92.4 Å². The van der Waals surface area contributed by atoms with E-state index in [0.717, 1.165) is 0 Å². The lowest BCUT2D eigenvalue weighted by Crippen LogP contribution is -2.17. The van der Waals surface area contributed by atoms with E-state index in [9.17, 15) is 0 Å². The van der Waals surface area contributed by atoms with Gasteiger partial charge in [0.2, 0.25) is 0 Å². The van der Waals surface area contributed by atoms with Crippen LogP contribution in [-0.4, -0.2) is 25.0 Å². The summed E-state index contributed by atoms with van der Waals surface area (Å²) in [5.41, 5.74) is 0. The Morgan fingerprint density at radius 3 is 1.10 bits per heavy atom. The lowest BCUT2D eigenvalue weighted by molar-refractivity contribution is 1.71. The van der Waals surface area contributed by atoms with Gasteiger partial charge in [-0.2, -0.15) is 0 Å². The first-order valence-corrected chi connectivity index (χ1v) is 20.7. The molecule has 0 atom stereocenters. The van der Waals surface area contributed by atoms with Crippen molar-refractivity contribution in [2.24, 2.45) is 0 Å². The van der Waals surface area contributed by atoms with E-state index in [2.05, 4.69) is 97.8 Å². The summed E-state index contributed by atoms with van der Waals surface area (Å²) in [7, 11) is 0. The second-order valence-electron chi connectivity index (χ2n) is 9.19. The van der Waals surface area contributed by atoms with Crippen molar-refractivity contribution in [2.45, 2.75) is 0 Å². The largest absolute Gasteiger partial charge is 0.121 e. The first-order chi connectivity index (χ1) is 19.6. The molecule has 0 aliphatic carbocycles. The standard InChI is InChI=1S/C32H24S8/c1-33-29-30(34-2)38-27(37-29)25-21-11-7-8-12-22(21)26(28-39-31(35-3)32(36-4)40-28)24-16-20-14-18-10-6-5-9-17(18)13-19(20)15-23(24)25/h5-16H,1-4H3. The maximum absolute atomic E-state index is 2.47. The maximum Gasteiger partial charge on any atom is 0.0657 e. The quantitative estimate of drug-likeness (QED) is 0.172. The van der Waals surface area contributed by atoms with Gasteiger partial charge in [0.15, 0.2) is 0 Å². The smallest absolute Gasteiger partial charge is 0.0657 e. The first kappa shape index (κ1) is 28.0. The number of fused-ring (bicyclic) bond motifs is 4. The fraction of sp³-hybridized carbons (Fsp3) is 0.125. The predicted octanol–water partition coefficient (Wildman–Crippen LogP) is 11.1. The van der Waals surface area contributed by atoms with Crippen LogP contribution in [0.2, 0.25) is 0 Å². The van der Waals surface area contributed by atoms with Gasteiger partial charge in [0, 0.05) is 10.4 Å². The second kappa shape index (κ2) is 11.7. The Morgan fingerprint density at radius 1 is 0.400 bits per heavy atom. The number of rotatable bonds is 4. The Morgan fingerprint density at radius 2 is 0.750 bits per heavy atom. The average Bonchev–Trinajstić information content (AvgIpc) is 3.61. The lowest BCUT2D eigenvalue weighted by Gasteiger charge is -2.13. The van der Waals surface area contributed by atoms with Gasteiger partial charge >= 0.3 is 0 Å². The maximum atomic E-state index is 2.47. The zero-order chi connectivity index (χ0) is 27.4. The van der Waals surface area contributed by atoms with Gasteiger partial charge in [-0.25, -0.2) is 0 Å². The molecule has 2 heterocycles. The zero-order valence-corrected chi connectivity index (χ0v) is 28.7. The van der Waals surface area contributed by atoms with Crippen molar-refractivity contribution in [2.75, 3.05) is 25.0 Å². The van der Waals surface area contributed by atoms with E-state index in [1.165, 1.54) is 79.0 Å². The van der Waals surface area contributed by atoms with Crippen LogP contribution in [0.1, 0.15) is 0 Å². The summed E-state index contributed by atoms with van der Waals surface area (Å²) in [5.74, 6) is 0. The van der Waals surface area contributed by atoms with Crippen LogP contribution < -0.4 is 10.4 Å². The minimum absolute atomic E-state index is 1.29. The molecular weight excluding hydrogens is 641 g/mol. The molecule has 0 spiro atoms. The SMILES string of the molecule is CSC1=C(SC)SC(=c2c3ccccc3c(=C3SC(SC)=C(SC)S3)c3cc4cc5ccccc5cc4cc23)S1. The van der Waals surface area contributed by atoms with Crippen molar-refractivity contribution in [1.82, 2.24) is 0 Å². The highest BCUT2D eigenvalue weighted by molar-refractivity contribution is 8.46. The normalized spacial score (nSPS) is 16.2. The third kappa shape index (κ3) is 4.75. The average molecular weight is 665 g/mol. The van der Waals surface area contributed by atoms with E-state index in [1.54, 1.807) is 0 Å². The van der Waals surface area contributed by atoms with Crippen LogP contribution in [0.15, 0.2) is 89.7 Å². The molecule has 0 amide bonds. The molecule has 0 N–H and O–H groups in total. The third-order valence-corrected chi connectivity index (χ3v) is 17.5. The minimum Gasteiger partial charge on any atom is -0.121 e. The van der Waals surface area contributed by atoms with E-state index in [4.69, 9.17) is 0 Å². The molecule has 8 heteroatoms. The third-order valence-electron chi connectivity index (χ3n) is 7.07. The number of hydrogen-bond acceptors (Lipinski definition) is 8. The number of thioether (sulfide) groups is 8. The fourth-order valence-corrected chi connectivity index (χ4v) is 15.6. The molecule has 200 valence electrons. The summed E-state index contributed by atoms with van der Waals surface area (Å²) in [5, 5.41) is 13.3. The topological polar surface area (TPSA) is 0 Å². The Hall–Kier alpha value is -0.840. The summed E-state index contributed by atoms with van der Waals surface area (Å²) in [6.07, 6.45) is 8.80. The molecule has 40 heavy (non-hydrogen) atoms.